The summed E-state index contributed by atoms with van der Waals surface area (Å²) in [5.74, 6) is -0.244. The van der Waals surface area contributed by atoms with Crippen molar-refractivity contribution in [3.8, 4) is 0 Å². The van der Waals surface area contributed by atoms with Crippen molar-refractivity contribution in [2.45, 2.75) is 38.8 Å². The largest absolute Gasteiger partial charge is 0.468 e. The van der Waals surface area contributed by atoms with Gasteiger partial charge in [-0.15, -0.1) is 0 Å². The maximum absolute atomic E-state index is 12.9. The van der Waals surface area contributed by atoms with Crippen molar-refractivity contribution in [2.75, 3.05) is 0 Å². The molecule has 176 valence electrons. The smallest absolute Gasteiger partial charge is 0.338 e. The lowest BCUT2D eigenvalue weighted by Gasteiger charge is -2.12. The van der Waals surface area contributed by atoms with E-state index >= 15 is 0 Å². The lowest BCUT2D eigenvalue weighted by molar-refractivity contribution is 0.0472. The van der Waals surface area contributed by atoms with Crippen LogP contribution in [-0.2, 0) is 27.9 Å². The minimum atomic E-state index is -3.89. The number of hydrogen-bond donors (Lipinski definition) is 1. The molecule has 0 bridgehead atoms. The fraction of sp³-hybridized carbons (Fsp3) is 0.200. The number of carbonyl (C=O) groups is 1. The first kappa shape index (κ1) is 23.5. The Kier molecular flexibility index (Phi) is 6.41. The third-order valence-corrected chi connectivity index (χ3v) is 7.03. The fourth-order valence-electron chi connectivity index (χ4n) is 3.52. The summed E-state index contributed by atoms with van der Waals surface area (Å²) >= 11 is 0. The van der Waals surface area contributed by atoms with Crippen LogP contribution in [0.2, 0.25) is 0 Å². The topological polar surface area (TPSA) is 116 Å². The Morgan fingerprint density at radius 1 is 1.03 bits per heavy atom. The highest BCUT2D eigenvalue weighted by Gasteiger charge is 2.20. The first-order valence-electron chi connectivity index (χ1n) is 10.5. The van der Waals surface area contributed by atoms with E-state index in [9.17, 15) is 18.0 Å². The second-order valence-electron chi connectivity index (χ2n) is 7.93. The van der Waals surface area contributed by atoms with Gasteiger partial charge in [-0.05, 0) is 61.7 Å². The Balaban J connectivity index is 1.56. The summed E-state index contributed by atoms with van der Waals surface area (Å²) in [4.78, 5) is 24.8. The molecule has 0 aliphatic heterocycles. The quantitative estimate of drug-likeness (QED) is 0.311. The Morgan fingerprint density at radius 2 is 1.79 bits per heavy atom. The van der Waals surface area contributed by atoms with E-state index in [2.05, 4.69) is 4.72 Å². The van der Waals surface area contributed by atoms with Crippen molar-refractivity contribution in [1.29, 1.82) is 0 Å². The van der Waals surface area contributed by atoms with Gasteiger partial charge in [0.15, 0.2) is 0 Å². The maximum Gasteiger partial charge on any atom is 0.338 e. The van der Waals surface area contributed by atoms with Crippen LogP contribution >= 0.6 is 0 Å². The molecule has 2 heterocycles. The predicted molar refractivity (Wildman–Crippen MR) is 125 cm³/mol. The van der Waals surface area contributed by atoms with Gasteiger partial charge in [-0.25, -0.2) is 22.7 Å². The number of ether oxygens (including phenoxy) is 1. The van der Waals surface area contributed by atoms with Crippen LogP contribution in [0.5, 0.6) is 0 Å². The third kappa shape index (κ3) is 4.80. The van der Waals surface area contributed by atoms with Crippen molar-refractivity contribution in [2.24, 2.45) is 0 Å². The average Bonchev–Trinajstić information content (AvgIpc) is 3.33. The molecule has 0 atom stereocenters. The molecule has 0 aliphatic rings. The zero-order valence-electron chi connectivity index (χ0n) is 18.9. The normalized spacial score (nSPS) is 11.6. The summed E-state index contributed by atoms with van der Waals surface area (Å²) in [6.45, 7) is 5.25. The summed E-state index contributed by atoms with van der Waals surface area (Å²) in [5, 5.41) is 0.672. The predicted octanol–water partition coefficient (Wildman–Crippen LogP) is 4.15. The van der Waals surface area contributed by atoms with Gasteiger partial charge in [0.25, 0.3) is 0 Å². The van der Waals surface area contributed by atoms with Gasteiger partial charge in [-0.2, -0.15) is 0 Å². The van der Waals surface area contributed by atoms with Gasteiger partial charge >= 0.3 is 11.6 Å². The molecular formula is C25H23NO7S. The van der Waals surface area contributed by atoms with Crippen LogP contribution in [0.15, 0.2) is 73.3 Å². The average molecular weight is 482 g/mol. The molecule has 9 heteroatoms. The van der Waals surface area contributed by atoms with Gasteiger partial charge in [0, 0.05) is 17.0 Å². The highest BCUT2D eigenvalue weighted by atomic mass is 32.2. The molecule has 0 saturated carbocycles. The number of hydrogen-bond acceptors (Lipinski definition) is 7. The molecule has 0 spiro atoms. The molecule has 1 N–H and O–H groups in total. The van der Waals surface area contributed by atoms with Crippen LogP contribution < -0.4 is 10.3 Å². The third-order valence-electron chi connectivity index (χ3n) is 5.63. The molecule has 0 fully saturated rings. The van der Waals surface area contributed by atoms with Gasteiger partial charge in [-0.3, -0.25) is 0 Å². The summed E-state index contributed by atoms with van der Waals surface area (Å²) in [6.07, 6.45) is 1.45. The molecule has 2 aromatic carbocycles. The van der Waals surface area contributed by atoms with Crippen LogP contribution in [0.3, 0.4) is 0 Å². The second kappa shape index (κ2) is 9.28. The van der Waals surface area contributed by atoms with Crippen molar-refractivity contribution in [1.82, 2.24) is 4.72 Å². The van der Waals surface area contributed by atoms with Crippen LogP contribution in [0, 0.1) is 20.8 Å². The highest BCUT2D eigenvalue weighted by molar-refractivity contribution is 7.89. The van der Waals surface area contributed by atoms with Gasteiger partial charge in [-0.1, -0.05) is 18.2 Å². The number of furan rings is 1. The van der Waals surface area contributed by atoms with Gasteiger partial charge in [0.05, 0.1) is 23.3 Å². The number of aryl methyl sites for hydroxylation is 3. The number of sulfonamides is 1. The van der Waals surface area contributed by atoms with E-state index in [1.165, 1.54) is 30.5 Å². The lowest BCUT2D eigenvalue weighted by atomic mass is 10.0. The zero-order valence-corrected chi connectivity index (χ0v) is 19.7. The molecule has 34 heavy (non-hydrogen) atoms. The zero-order chi connectivity index (χ0) is 24.5. The van der Waals surface area contributed by atoms with Crippen molar-refractivity contribution in [3.05, 3.63) is 98.8 Å². The van der Waals surface area contributed by atoms with Crippen LogP contribution in [0.1, 0.15) is 38.4 Å². The lowest BCUT2D eigenvalue weighted by Crippen LogP contribution is -2.23. The molecule has 0 unspecified atom stereocenters. The summed E-state index contributed by atoms with van der Waals surface area (Å²) in [7, 11) is -3.89. The summed E-state index contributed by atoms with van der Waals surface area (Å²) < 4.78 is 43.8. The van der Waals surface area contributed by atoms with Gasteiger partial charge < -0.3 is 13.6 Å². The van der Waals surface area contributed by atoms with E-state index in [-0.39, 0.29) is 23.6 Å². The molecule has 0 aliphatic carbocycles. The highest BCUT2D eigenvalue weighted by Crippen LogP contribution is 2.24. The minimum Gasteiger partial charge on any atom is -0.468 e. The molecular weight excluding hydrogens is 458 g/mol. The first-order chi connectivity index (χ1) is 16.2. The molecule has 0 radical (unpaired) electrons. The number of rotatable bonds is 7. The standard InChI is InChI=1S/C25H23NO7S/c1-15-7-9-21-18(11-23(27)33-24(21)17(15)3)14-32-25(28)22-12-20(8-6-16(22)2)34(29,30)26-13-19-5-4-10-31-19/h4-12,26H,13-14H2,1-3H3. The van der Waals surface area contributed by atoms with E-state index < -0.39 is 21.6 Å². The first-order valence-corrected chi connectivity index (χ1v) is 12.0. The van der Waals surface area contributed by atoms with E-state index in [1.54, 1.807) is 19.1 Å². The Bertz CT molecular complexity index is 1530. The Morgan fingerprint density at radius 3 is 2.53 bits per heavy atom. The molecule has 4 rings (SSSR count). The van der Waals surface area contributed by atoms with Crippen molar-refractivity contribution in [3.63, 3.8) is 0 Å². The number of carbonyl (C=O) groups excluding carboxylic acids is 1. The van der Waals surface area contributed by atoms with Crippen molar-refractivity contribution < 1.29 is 26.8 Å². The fourth-order valence-corrected chi connectivity index (χ4v) is 4.53. The summed E-state index contributed by atoms with van der Waals surface area (Å²) in [5.41, 5.74) is 2.88. The molecule has 4 aromatic rings. The van der Waals surface area contributed by atoms with Gasteiger partial charge in [0.2, 0.25) is 10.0 Å². The molecule has 2 aromatic heterocycles. The van der Waals surface area contributed by atoms with E-state index in [0.717, 1.165) is 11.1 Å². The van der Waals surface area contributed by atoms with E-state index in [4.69, 9.17) is 13.6 Å². The molecule has 0 saturated heterocycles. The van der Waals surface area contributed by atoms with Crippen LogP contribution in [0.25, 0.3) is 11.0 Å². The van der Waals surface area contributed by atoms with Gasteiger partial charge in [0.1, 0.15) is 18.0 Å². The van der Waals surface area contributed by atoms with E-state index in [0.29, 0.717) is 27.9 Å². The molecule has 0 amide bonds. The SMILES string of the molecule is Cc1ccc(S(=O)(=O)NCc2ccco2)cc1C(=O)OCc1cc(=O)oc2c(C)c(C)ccc12. The molecule has 8 nitrogen and oxygen atoms in total. The monoisotopic (exact) mass is 481 g/mol. The number of nitrogens with one attached hydrogen (secondary N) is 1. The van der Waals surface area contributed by atoms with E-state index in [1.807, 2.05) is 26.0 Å². The number of fused-ring (bicyclic) bond motifs is 1. The van der Waals surface area contributed by atoms with Crippen molar-refractivity contribution >= 4 is 27.0 Å². The number of esters is 1. The maximum atomic E-state index is 12.9. The second-order valence-corrected chi connectivity index (χ2v) is 9.70. The van der Waals surface area contributed by atoms with Crippen LogP contribution in [0.4, 0.5) is 0 Å². The summed E-state index contributed by atoms with van der Waals surface area (Å²) in [6, 6.07) is 12.5. The van der Waals surface area contributed by atoms with Crippen LogP contribution in [-0.4, -0.2) is 14.4 Å². The number of benzene rings is 2. The Hall–Kier alpha value is -3.69. The minimum absolute atomic E-state index is 0.0223. The Labute approximate surface area is 196 Å².